The quantitative estimate of drug-likeness (QED) is 0.237. The standard InChI is InChI=1S/C31H29N5O2/c1-2-38-31(37)26-11-8-12-27(21-26)36(20-19-23-9-4-3-5-10-23)22-24-15-17-25(18-16-24)28-13-6-7-14-29(28)30-32-34-35-33-30/h3-18,21H,2,19-20,22H2,1H3,(H,32,33,34,35). The molecule has 0 aliphatic rings. The molecule has 0 fully saturated rings. The van der Waals surface area contributed by atoms with E-state index in [4.69, 9.17) is 4.74 Å². The first-order valence-electron chi connectivity index (χ1n) is 12.7. The maximum atomic E-state index is 12.4. The Morgan fingerprint density at radius 1 is 0.842 bits per heavy atom. The van der Waals surface area contributed by atoms with Crippen LogP contribution in [-0.2, 0) is 17.7 Å². The maximum Gasteiger partial charge on any atom is 0.338 e. The fourth-order valence-electron chi connectivity index (χ4n) is 4.47. The molecular weight excluding hydrogens is 474 g/mol. The molecule has 0 unspecified atom stereocenters. The first-order valence-corrected chi connectivity index (χ1v) is 12.7. The lowest BCUT2D eigenvalue weighted by atomic mass is 9.98. The number of rotatable bonds is 10. The van der Waals surface area contributed by atoms with Crippen LogP contribution < -0.4 is 4.90 Å². The van der Waals surface area contributed by atoms with Gasteiger partial charge in [0.2, 0.25) is 5.82 Å². The summed E-state index contributed by atoms with van der Waals surface area (Å²) in [6.45, 7) is 3.67. The van der Waals surface area contributed by atoms with Crippen LogP contribution in [0.4, 0.5) is 5.69 Å². The van der Waals surface area contributed by atoms with Crippen molar-refractivity contribution in [3.63, 3.8) is 0 Å². The van der Waals surface area contributed by atoms with Crippen LogP contribution in [0, 0.1) is 0 Å². The van der Waals surface area contributed by atoms with E-state index in [1.54, 1.807) is 6.07 Å². The van der Waals surface area contributed by atoms with Gasteiger partial charge in [0.25, 0.3) is 0 Å². The Morgan fingerprint density at radius 2 is 1.61 bits per heavy atom. The summed E-state index contributed by atoms with van der Waals surface area (Å²) in [5.74, 6) is 0.264. The Balaban J connectivity index is 1.40. The molecule has 0 amide bonds. The summed E-state index contributed by atoms with van der Waals surface area (Å²) in [5, 5.41) is 14.5. The highest BCUT2D eigenvalue weighted by atomic mass is 16.5. The average Bonchev–Trinajstić information content (AvgIpc) is 3.51. The molecule has 7 heteroatoms. The molecule has 0 atom stereocenters. The molecule has 5 rings (SSSR count). The van der Waals surface area contributed by atoms with E-state index in [1.165, 1.54) is 11.1 Å². The largest absolute Gasteiger partial charge is 0.462 e. The van der Waals surface area contributed by atoms with Crippen LogP contribution in [0.2, 0.25) is 0 Å². The third-order valence-electron chi connectivity index (χ3n) is 6.39. The number of aromatic nitrogens is 4. The van der Waals surface area contributed by atoms with Gasteiger partial charge in [-0.05, 0) is 59.0 Å². The van der Waals surface area contributed by atoms with Gasteiger partial charge >= 0.3 is 5.97 Å². The van der Waals surface area contributed by atoms with Gasteiger partial charge in [0.1, 0.15) is 0 Å². The molecule has 1 heterocycles. The molecule has 1 N–H and O–H groups in total. The Labute approximate surface area is 222 Å². The molecule has 0 saturated heterocycles. The van der Waals surface area contributed by atoms with Crippen LogP contribution in [0.25, 0.3) is 22.5 Å². The van der Waals surface area contributed by atoms with E-state index in [9.17, 15) is 4.79 Å². The number of hydrogen-bond donors (Lipinski definition) is 1. The highest BCUT2D eigenvalue weighted by Crippen LogP contribution is 2.30. The van der Waals surface area contributed by atoms with E-state index in [2.05, 4.69) is 80.1 Å². The number of benzene rings is 4. The molecule has 190 valence electrons. The fraction of sp³-hybridized carbons (Fsp3) is 0.161. The lowest BCUT2D eigenvalue weighted by molar-refractivity contribution is 0.0526. The van der Waals surface area contributed by atoms with E-state index < -0.39 is 0 Å². The number of esters is 1. The van der Waals surface area contributed by atoms with E-state index in [1.807, 2.05) is 49.4 Å². The van der Waals surface area contributed by atoms with Gasteiger partial charge in [0, 0.05) is 24.3 Å². The number of nitrogens with zero attached hydrogens (tertiary/aromatic N) is 4. The summed E-state index contributed by atoms with van der Waals surface area (Å²) in [6, 6.07) is 34.7. The summed E-state index contributed by atoms with van der Waals surface area (Å²) in [6.07, 6.45) is 0.890. The van der Waals surface area contributed by atoms with Crippen molar-refractivity contribution in [3.05, 3.63) is 120 Å². The van der Waals surface area contributed by atoms with Gasteiger partial charge in [0.15, 0.2) is 0 Å². The highest BCUT2D eigenvalue weighted by Gasteiger charge is 2.14. The number of ether oxygens (including phenoxy) is 1. The number of nitrogens with one attached hydrogen (secondary N) is 1. The zero-order valence-corrected chi connectivity index (χ0v) is 21.2. The molecule has 0 spiro atoms. The molecule has 7 nitrogen and oxygen atoms in total. The number of H-pyrrole nitrogens is 1. The predicted molar refractivity (Wildman–Crippen MR) is 149 cm³/mol. The number of hydrogen-bond acceptors (Lipinski definition) is 6. The van der Waals surface area contributed by atoms with Crippen LogP contribution in [0.3, 0.4) is 0 Å². The average molecular weight is 504 g/mol. The summed E-state index contributed by atoms with van der Waals surface area (Å²) in [4.78, 5) is 14.7. The maximum absolute atomic E-state index is 12.4. The molecule has 0 aliphatic carbocycles. The van der Waals surface area contributed by atoms with Gasteiger partial charge in [-0.1, -0.05) is 84.9 Å². The molecule has 5 aromatic rings. The highest BCUT2D eigenvalue weighted by molar-refractivity contribution is 5.90. The third kappa shape index (κ3) is 5.95. The minimum absolute atomic E-state index is 0.304. The summed E-state index contributed by atoms with van der Waals surface area (Å²) < 4.78 is 5.23. The van der Waals surface area contributed by atoms with Crippen molar-refractivity contribution in [1.82, 2.24) is 20.6 Å². The monoisotopic (exact) mass is 503 g/mol. The number of carbonyl (C=O) groups is 1. The van der Waals surface area contributed by atoms with Gasteiger partial charge in [-0.3, -0.25) is 0 Å². The summed E-state index contributed by atoms with van der Waals surface area (Å²) in [5.41, 5.74) is 7.03. The molecule has 0 radical (unpaired) electrons. The van der Waals surface area contributed by atoms with Crippen molar-refractivity contribution >= 4 is 11.7 Å². The van der Waals surface area contributed by atoms with Crippen LogP contribution >= 0.6 is 0 Å². The minimum atomic E-state index is -0.304. The molecular formula is C31H29N5O2. The third-order valence-corrected chi connectivity index (χ3v) is 6.39. The summed E-state index contributed by atoms with van der Waals surface area (Å²) in [7, 11) is 0. The van der Waals surface area contributed by atoms with Crippen molar-refractivity contribution in [2.45, 2.75) is 19.9 Å². The smallest absolute Gasteiger partial charge is 0.338 e. The van der Waals surface area contributed by atoms with Gasteiger partial charge < -0.3 is 9.64 Å². The SMILES string of the molecule is CCOC(=O)c1cccc(N(CCc2ccccc2)Cc2ccc(-c3ccccc3-c3nn[nH]n3)cc2)c1. The minimum Gasteiger partial charge on any atom is -0.462 e. The summed E-state index contributed by atoms with van der Waals surface area (Å²) >= 11 is 0. The number of aromatic amines is 1. The zero-order chi connectivity index (χ0) is 26.2. The van der Waals surface area contributed by atoms with Crippen molar-refractivity contribution in [2.24, 2.45) is 0 Å². The van der Waals surface area contributed by atoms with Crippen LogP contribution in [0.5, 0.6) is 0 Å². The lowest BCUT2D eigenvalue weighted by Crippen LogP contribution is -2.25. The second-order valence-electron chi connectivity index (χ2n) is 8.91. The Bertz CT molecular complexity index is 1470. The number of carbonyl (C=O) groups excluding carboxylic acids is 1. The van der Waals surface area contributed by atoms with E-state index >= 15 is 0 Å². The lowest BCUT2D eigenvalue weighted by Gasteiger charge is -2.26. The number of tetrazole rings is 1. The molecule has 1 aromatic heterocycles. The second-order valence-corrected chi connectivity index (χ2v) is 8.91. The molecule has 0 bridgehead atoms. The van der Waals surface area contributed by atoms with Crippen molar-refractivity contribution in [3.8, 4) is 22.5 Å². The Kier molecular flexibility index (Phi) is 7.84. The van der Waals surface area contributed by atoms with E-state index in [0.29, 0.717) is 24.5 Å². The Morgan fingerprint density at radius 3 is 2.34 bits per heavy atom. The normalized spacial score (nSPS) is 10.8. The molecule has 4 aromatic carbocycles. The van der Waals surface area contributed by atoms with Gasteiger partial charge in [-0.2, -0.15) is 5.21 Å². The van der Waals surface area contributed by atoms with Gasteiger partial charge in [0.05, 0.1) is 12.2 Å². The fourth-order valence-corrected chi connectivity index (χ4v) is 4.47. The van der Waals surface area contributed by atoms with Gasteiger partial charge in [-0.15, -0.1) is 10.2 Å². The van der Waals surface area contributed by atoms with E-state index in [-0.39, 0.29) is 5.97 Å². The van der Waals surface area contributed by atoms with Crippen LogP contribution in [-0.4, -0.2) is 39.7 Å². The Hall–Kier alpha value is -4.78. The van der Waals surface area contributed by atoms with Crippen molar-refractivity contribution in [2.75, 3.05) is 18.1 Å². The predicted octanol–water partition coefficient (Wildman–Crippen LogP) is 5.96. The van der Waals surface area contributed by atoms with Gasteiger partial charge in [-0.25, -0.2) is 4.79 Å². The molecule has 38 heavy (non-hydrogen) atoms. The van der Waals surface area contributed by atoms with Crippen molar-refractivity contribution in [1.29, 1.82) is 0 Å². The van der Waals surface area contributed by atoms with Crippen LogP contribution in [0.15, 0.2) is 103 Å². The first-order chi connectivity index (χ1) is 18.7. The molecule has 0 aliphatic heterocycles. The second kappa shape index (κ2) is 12.0. The van der Waals surface area contributed by atoms with Crippen LogP contribution in [0.1, 0.15) is 28.4 Å². The topological polar surface area (TPSA) is 84.0 Å². The number of anilines is 1. The zero-order valence-electron chi connectivity index (χ0n) is 21.2. The first kappa shape index (κ1) is 24.9. The van der Waals surface area contributed by atoms with E-state index in [0.717, 1.165) is 35.3 Å². The van der Waals surface area contributed by atoms with Crippen molar-refractivity contribution < 1.29 is 9.53 Å². The molecule has 0 saturated carbocycles.